The van der Waals surface area contributed by atoms with Crippen molar-refractivity contribution in [1.29, 1.82) is 0 Å². The molecule has 2 aromatic rings. The van der Waals surface area contributed by atoms with Gasteiger partial charge < -0.3 is 0 Å². The van der Waals surface area contributed by atoms with Crippen molar-refractivity contribution >= 4 is 52.7 Å². The van der Waals surface area contributed by atoms with Crippen LogP contribution in [0.2, 0.25) is 0 Å². The molecule has 0 saturated heterocycles. The molecule has 22 heavy (non-hydrogen) atoms. The van der Waals surface area contributed by atoms with Gasteiger partial charge in [0.2, 0.25) is 0 Å². The number of hydrogen-bond acceptors (Lipinski definition) is 4. The molecule has 118 valence electrons. The van der Waals surface area contributed by atoms with E-state index >= 15 is 0 Å². The molecule has 2 rings (SSSR count). The first-order chi connectivity index (χ1) is 10.6. The van der Waals surface area contributed by atoms with Crippen LogP contribution in [0.15, 0.2) is 36.4 Å². The van der Waals surface area contributed by atoms with Crippen LogP contribution in [0.25, 0.3) is 0 Å². The number of benzene rings is 2. The fourth-order valence-corrected chi connectivity index (χ4v) is 11.7. The van der Waals surface area contributed by atoms with Crippen molar-refractivity contribution in [2.75, 3.05) is 24.7 Å². The summed E-state index contributed by atoms with van der Waals surface area (Å²) >= 11 is -0.439. The van der Waals surface area contributed by atoms with Crippen molar-refractivity contribution in [2.45, 2.75) is 13.8 Å². The molecule has 2 aromatic carbocycles. The zero-order chi connectivity index (χ0) is 15.9. The van der Waals surface area contributed by atoms with Crippen LogP contribution in [0.4, 0.5) is 11.4 Å². The first kappa shape index (κ1) is 17.6. The van der Waals surface area contributed by atoms with Gasteiger partial charge in [0.25, 0.3) is 0 Å². The van der Waals surface area contributed by atoms with Crippen LogP contribution in [0.5, 0.6) is 11.5 Å². The van der Waals surface area contributed by atoms with Gasteiger partial charge in [-0.2, -0.15) is 0 Å². The monoisotopic (exact) mass is 532 g/mol. The molecule has 0 aliphatic heterocycles. The van der Waals surface area contributed by atoms with Crippen molar-refractivity contribution in [2.24, 2.45) is 0 Å². The first-order valence-electron chi connectivity index (χ1n) is 7.03. The SMILES string of the molecule is CCOc1ccc([Te][Te]c2ccc(N)c(OCC)c2)cc1N. The Balaban J connectivity index is 2.03. The molecule has 0 radical (unpaired) electrons. The molecule has 0 aromatic heterocycles. The van der Waals surface area contributed by atoms with E-state index < -0.39 is 0 Å². The van der Waals surface area contributed by atoms with Crippen molar-refractivity contribution in [3.05, 3.63) is 36.4 Å². The van der Waals surface area contributed by atoms with Gasteiger partial charge in [-0.25, -0.2) is 0 Å². The zero-order valence-electron chi connectivity index (χ0n) is 12.7. The molecule has 6 heteroatoms. The van der Waals surface area contributed by atoms with Crippen molar-refractivity contribution in [1.82, 2.24) is 0 Å². The third-order valence-corrected chi connectivity index (χ3v) is 14.6. The topological polar surface area (TPSA) is 70.5 Å². The van der Waals surface area contributed by atoms with E-state index in [4.69, 9.17) is 20.9 Å². The van der Waals surface area contributed by atoms with Gasteiger partial charge in [0.15, 0.2) is 0 Å². The van der Waals surface area contributed by atoms with Gasteiger partial charge in [0.05, 0.1) is 0 Å². The maximum atomic E-state index is 6.03. The van der Waals surface area contributed by atoms with Crippen LogP contribution in [0, 0.1) is 0 Å². The molecule has 0 fully saturated rings. The van der Waals surface area contributed by atoms with E-state index in [1.165, 1.54) is 7.22 Å². The number of ether oxygens (including phenoxy) is 2. The average Bonchev–Trinajstić information content (AvgIpc) is 2.51. The molecule has 4 nitrogen and oxygen atoms in total. The molecule has 0 atom stereocenters. The molecule has 4 N–H and O–H groups in total. The Morgan fingerprint density at radius 3 is 2.00 bits per heavy atom. The summed E-state index contributed by atoms with van der Waals surface area (Å²) in [4.78, 5) is 0. The van der Waals surface area contributed by atoms with Gasteiger partial charge in [-0.3, -0.25) is 0 Å². The summed E-state index contributed by atoms with van der Waals surface area (Å²) in [5.74, 6) is 1.59. The Morgan fingerprint density at radius 2 is 1.36 bits per heavy atom. The molecule has 0 aliphatic carbocycles. The van der Waals surface area contributed by atoms with Crippen molar-refractivity contribution in [3.8, 4) is 11.5 Å². The summed E-state index contributed by atoms with van der Waals surface area (Å²) in [5, 5.41) is 0. The van der Waals surface area contributed by atoms with Crippen LogP contribution in [0.3, 0.4) is 0 Å². The molecule has 0 amide bonds. The van der Waals surface area contributed by atoms with Gasteiger partial charge >= 0.3 is 149 Å². The van der Waals surface area contributed by atoms with Gasteiger partial charge in [-0.1, -0.05) is 0 Å². The molecular weight excluding hydrogens is 507 g/mol. The third-order valence-electron chi connectivity index (χ3n) is 2.80. The minimum atomic E-state index is -0.220. The van der Waals surface area contributed by atoms with E-state index in [2.05, 4.69) is 24.3 Å². The normalized spacial score (nSPS) is 10.5. The zero-order valence-corrected chi connectivity index (χ0v) is 17.3. The van der Waals surface area contributed by atoms with Crippen LogP contribution >= 0.6 is 0 Å². The Kier molecular flexibility index (Phi) is 6.99. The number of anilines is 2. The fraction of sp³-hybridized carbons (Fsp3) is 0.250. The summed E-state index contributed by atoms with van der Waals surface area (Å²) in [5.41, 5.74) is 13.4. The molecule has 0 aliphatic rings. The Hall–Kier alpha value is -0.781. The van der Waals surface area contributed by atoms with E-state index in [-0.39, 0.29) is 34.1 Å². The number of rotatable bonds is 7. The summed E-state index contributed by atoms with van der Waals surface area (Å²) in [7, 11) is 0. The first-order valence-corrected chi connectivity index (χ1v) is 16.7. The molecule has 0 bridgehead atoms. The second-order valence-corrected chi connectivity index (χ2v) is 14.5. The fourth-order valence-electron chi connectivity index (χ4n) is 1.81. The maximum absolute atomic E-state index is 6.03. The van der Waals surface area contributed by atoms with E-state index in [1.807, 2.05) is 26.0 Å². The number of nitrogens with two attached hydrogens (primary N) is 2. The van der Waals surface area contributed by atoms with Crippen molar-refractivity contribution in [3.63, 3.8) is 0 Å². The van der Waals surface area contributed by atoms with E-state index in [1.54, 1.807) is 0 Å². The van der Waals surface area contributed by atoms with Crippen LogP contribution in [-0.4, -0.2) is 47.3 Å². The van der Waals surface area contributed by atoms with Gasteiger partial charge in [-0.15, -0.1) is 0 Å². The van der Waals surface area contributed by atoms with Gasteiger partial charge in [0.1, 0.15) is 0 Å². The quantitative estimate of drug-likeness (QED) is 0.415. The van der Waals surface area contributed by atoms with Gasteiger partial charge in [-0.05, 0) is 0 Å². The number of nitrogen functional groups attached to an aromatic ring is 2. The summed E-state index contributed by atoms with van der Waals surface area (Å²) in [6.45, 7) is 5.21. The van der Waals surface area contributed by atoms with Crippen molar-refractivity contribution < 1.29 is 9.47 Å². The Morgan fingerprint density at radius 1 is 0.773 bits per heavy atom. The molecule has 0 heterocycles. The predicted molar refractivity (Wildman–Crippen MR) is 94.8 cm³/mol. The van der Waals surface area contributed by atoms with Gasteiger partial charge in [0, 0.05) is 0 Å². The minimum absolute atomic E-state index is 0.219. The Labute approximate surface area is 147 Å². The van der Waals surface area contributed by atoms with E-state index in [0.717, 1.165) is 17.2 Å². The summed E-state index contributed by atoms with van der Waals surface area (Å²) in [6, 6.07) is 12.4. The second kappa shape index (κ2) is 8.75. The van der Waals surface area contributed by atoms with Crippen LogP contribution < -0.4 is 28.2 Å². The Bertz CT molecular complexity index is 636. The standard InChI is InChI=1S/C16H20N2O2Te2/c1-3-19-15-8-6-11(9-14(15)18)21-22-12-5-7-13(17)16(10-12)20-4-2/h5-10H,3-4,17-18H2,1-2H3. The van der Waals surface area contributed by atoms with E-state index in [0.29, 0.717) is 18.9 Å². The number of hydrogen-bond donors (Lipinski definition) is 2. The van der Waals surface area contributed by atoms with Crippen LogP contribution in [-0.2, 0) is 0 Å². The summed E-state index contributed by atoms with van der Waals surface area (Å²) in [6.07, 6.45) is 0. The molecular formula is C16H20N2O2Te2. The molecule has 0 saturated carbocycles. The summed E-state index contributed by atoms with van der Waals surface area (Å²) < 4.78 is 13.8. The second-order valence-electron chi connectivity index (χ2n) is 4.43. The predicted octanol–water partition coefficient (Wildman–Crippen LogP) is 0.923. The third kappa shape index (κ3) is 4.86. The molecule has 0 spiro atoms. The average molecular weight is 528 g/mol. The molecule has 0 unspecified atom stereocenters. The van der Waals surface area contributed by atoms with Crippen LogP contribution in [0.1, 0.15) is 13.8 Å². The van der Waals surface area contributed by atoms with E-state index in [9.17, 15) is 0 Å².